The van der Waals surface area contributed by atoms with E-state index in [1.807, 2.05) is 6.92 Å². The third kappa shape index (κ3) is 65.8. The van der Waals surface area contributed by atoms with Gasteiger partial charge in [0, 0.05) is 85.2 Å². The molecule has 96 heavy (non-hydrogen) atoms. The summed E-state index contributed by atoms with van der Waals surface area (Å²) in [6.45, 7) is 65.8. The lowest BCUT2D eigenvalue weighted by molar-refractivity contribution is -0.139. The lowest BCUT2D eigenvalue weighted by atomic mass is 10.4. The van der Waals surface area contributed by atoms with Crippen LogP contribution in [-0.4, -0.2) is 214 Å². The Balaban J connectivity index is -0.000000611. The van der Waals surface area contributed by atoms with E-state index in [2.05, 4.69) is 153 Å². The number of esters is 3. The van der Waals surface area contributed by atoms with Gasteiger partial charge in [0.05, 0.1) is 52.1 Å². The summed E-state index contributed by atoms with van der Waals surface area (Å²) in [5, 5.41) is 18.2. The van der Waals surface area contributed by atoms with Crippen molar-refractivity contribution in [3.8, 4) is 0 Å². The Bertz CT molecular complexity index is 2580. The van der Waals surface area contributed by atoms with Gasteiger partial charge in [0.15, 0.2) is 55.8 Å². The largest absolute Gasteiger partial charge is 0.479 e. The van der Waals surface area contributed by atoms with E-state index in [9.17, 15) is 36.0 Å². The highest BCUT2D eigenvalue weighted by Gasteiger charge is 2.38. The van der Waals surface area contributed by atoms with Crippen LogP contribution in [0.5, 0.6) is 0 Å². The molecule has 0 fully saturated rings. The summed E-state index contributed by atoms with van der Waals surface area (Å²) in [6.07, 6.45) is 7.27. The molecule has 0 unspecified atom stereocenters. The minimum absolute atomic E-state index is 0.0214. The molecular formula is C64H139ClN2O18S2Si9. The van der Waals surface area contributed by atoms with Crippen molar-refractivity contribution in [3.05, 3.63) is 36.5 Å². The molecule has 32 heteroatoms. The van der Waals surface area contributed by atoms with Crippen LogP contribution in [0, 0.1) is 0 Å². The van der Waals surface area contributed by atoms with E-state index in [4.69, 9.17) is 45.7 Å². The van der Waals surface area contributed by atoms with Gasteiger partial charge in [-0.3, -0.25) is 14.0 Å². The maximum atomic E-state index is 11.6. The van der Waals surface area contributed by atoms with Gasteiger partial charge in [-0.1, -0.05) is 95.3 Å². The van der Waals surface area contributed by atoms with Crippen molar-refractivity contribution in [3.63, 3.8) is 0 Å². The molecular weight excluding hydrogens is 1440 g/mol. The maximum absolute atomic E-state index is 11.6. The van der Waals surface area contributed by atoms with Crippen molar-refractivity contribution >= 4 is 134 Å². The fourth-order valence-electron chi connectivity index (χ4n) is 10.3. The highest BCUT2D eigenvalue weighted by atomic mass is 35.7. The predicted octanol–water partition coefficient (Wildman–Crippen LogP) is 15.5. The van der Waals surface area contributed by atoms with E-state index in [1.54, 1.807) is 32.6 Å². The van der Waals surface area contributed by atoms with Crippen LogP contribution >= 0.6 is 10.7 Å². The second kappa shape index (κ2) is 48.4. The van der Waals surface area contributed by atoms with Crippen LogP contribution in [0.2, 0.25) is 190 Å². The molecule has 0 aliphatic carbocycles. The Morgan fingerprint density at radius 3 is 1.00 bits per heavy atom. The molecule has 0 radical (unpaired) electrons. The summed E-state index contributed by atoms with van der Waals surface area (Å²) < 4.78 is 86.3. The summed E-state index contributed by atoms with van der Waals surface area (Å²) in [7, 11) is -16.6. The van der Waals surface area contributed by atoms with Crippen molar-refractivity contribution in [1.82, 2.24) is 4.90 Å². The number of hydrogen-bond donors (Lipinski definition) is 2. The van der Waals surface area contributed by atoms with Crippen molar-refractivity contribution in [2.24, 2.45) is 4.99 Å². The molecule has 0 saturated heterocycles. The monoisotopic (exact) mass is 1570 g/mol. The number of amides is 1. The number of hydrogen-bond acceptors (Lipinski definition) is 19. The second-order valence-electron chi connectivity index (χ2n) is 31.6. The van der Waals surface area contributed by atoms with E-state index < -0.39 is 93.3 Å². The Hall–Kier alpha value is -1.53. The molecule has 1 heterocycles. The number of ether oxygens (including phenoxy) is 4. The molecule has 2 N–H and O–H groups in total. The van der Waals surface area contributed by atoms with Crippen LogP contribution in [0.1, 0.15) is 73.1 Å². The quantitative estimate of drug-likeness (QED) is 0.0109. The number of nitrogens with zero attached hydrogens (tertiary/aromatic N) is 2. The van der Waals surface area contributed by atoms with Gasteiger partial charge in [-0.2, -0.15) is 8.42 Å². The van der Waals surface area contributed by atoms with Gasteiger partial charge in [-0.25, -0.2) is 22.8 Å². The third-order valence-corrected chi connectivity index (χ3v) is 49.8. The molecule has 20 nitrogen and oxygen atoms in total. The summed E-state index contributed by atoms with van der Waals surface area (Å²) in [5.74, 6) is -0.0727. The smallest absolute Gasteiger partial charge is 0.333 e. The molecule has 1 aliphatic heterocycles. The second-order valence-corrected chi connectivity index (χ2v) is 78.9. The van der Waals surface area contributed by atoms with Crippen LogP contribution < -0.4 is 0 Å². The zero-order valence-corrected chi connectivity index (χ0v) is 76.3. The molecule has 1 amide bonds. The van der Waals surface area contributed by atoms with Gasteiger partial charge in [-0.15, -0.1) is 0 Å². The molecule has 1 aliphatic rings. The number of aliphatic imine (C=N–C) groups is 1. The first-order chi connectivity index (χ1) is 43.3. The van der Waals surface area contributed by atoms with Crippen molar-refractivity contribution in [2.45, 2.75) is 264 Å². The summed E-state index contributed by atoms with van der Waals surface area (Å²) in [5.41, 5.74) is 1.32. The summed E-state index contributed by atoms with van der Waals surface area (Å²) in [4.78, 5) is 51.6. The Labute approximate surface area is 599 Å². The van der Waals surface area contributed by atoms with E-state index in [1.165, 1.54) is 42.3 Å². The number of rotatable bonds is 44. The summed E-state index contributed by atoms with van der Waals surface area (Å²) in [6, 6.07) is 13.6. The zero-order valence-electron chi connectivity index (χ0n) is 64.9. The third-order valence-electron chi connectivity index (χ3n) is 15.5. The average Bonchev–Trinajstić information content (AvgIpc) is 1.07. The SMILES string of the molecule is C=C(C)C(=O)OCCC[Si](C)(C)O[Si](C)(C)CC[Si](C)(C)CCCN(CCO)C(C)=O.C=C(C)C(=O)OCCC[Si](C)(C)O[Si](C)(C)CC[Si](C)(C)CCCO.C=C(C)C(=O)OCCC[Si](C)(C)O[Si](C)(C)CC[Si](C)(C)CCCOS(C)(=O)=O.CC1=NCCO1.CS(=O)(=O)Cl. The van der Waals surface area contributed by atoms with Crippen molar-refractivity contribution < 1.29 is 81.7 Å². The molecule has 0 saturated carbocycles. The van der Waals surface area contributed by atoms with E-state index in [0.29, 0.717) is 49.7 Å². The number of halogens is 1. The standard InChI is InChI=1S/C22H47NO5Si3.C19H42O6SSi3.C18H40O4Si3.C4H7NO.CH3ClO2S/c1-20(2)22(26)27-15-11-17-30(6,7)28-31(8,9)19-18-29(4,5)16-10-12-23(13-14-24)21(3)25;1-18(2)19(20)23-12-10-15-28(6,7)25-29(8,9)17-16-27(4,5)14-11-13-24-26(3,21)22;1-17(2)18(20)21-12-10-14-24(5,6)22-25(7,8)16-15-23(3,4)13-9-11-19;1-4-5-2-3-6-4;1-5(2,3)4/h24H,1,10-19H2,2-9H3;1,10-17H2,2-9H3;19H,1,9-16H2,2-8H3;2-3H2,1H3;1H3. The predicted molar refractivity (Wildman–Crippen MR) is 425 cm³/mol. The molecule has 568 valence electrons. The van der Waals surface area contributed by atoms with Crippen LogP contribution in [0.25, 0.3) is 0 Å². The van der Waals surface area contributed by atoms with Gasteiger partial charge < -0.3 is 46.4 Å². The average molecular weight is 1580 g/mol. The van der Waals surface area contributed by atoms with Crippen LogP contribution in [0.15, 0.2) is 41.4 Å². The number of aliphatic hydroxyl groups excluding tert-OH is 2. The first-order valence-electron chi connectivity index (χ1n) is 34.2. The van der Waals surface area contributed by atoms with Gasteiger partial charge in [0.1, 0.15) is 6.61 Å². The normalized spacial score (nSPS) is 13.3. The molecule has 0 spiro atoms. The van der Waals surface area contributed by atoms with Gasteiger partial charge >= 0.3 is 17.9 Å². The fourth-order valence-corrected chi connectivity index (χ4v) is 53.5. The van der Waals surface area contributed by atoms with Gasteiger partial charge in [-0.05, 0) is 174 Å². The molecule has 0 atom stereocenters. The Morgan fingerprint density at radius 1 is 0.469 bits per heavy atom. The van der Waals surface area contributed by atoms with Gasteiger partial charge in [0.2, 0.25) is 15.0 Å². The van der Waals surface area contributed by atoms with Crippen LogP contribution in [0.4, 0.5) is 0 Å². The highest BCUT2D eigenvalue weighted by molar-refractivity contribution is 8.13. The first kappa shape index (κ1) is 101. The van der Waals surface area contributed by atoms with Gasteiger partial charge in [0.25, 0.3) is 10.1 Å². The lowest BCUT2D eigenvalue weighted by Crippen LogP contribution is -2.45. The van der Waals surface area contributed by atoms with Crippen LogP contribution in [-0.2, 0) is 73.8 Å². The number of carbonyl (C=O) groups excluding carboxylic acids is 4. The Morgan fingerprint density at radius 2 is 0.760 bits per heavy atom. The zero-order chi connectivity index (χ0) is 75.9. The lowest BCUT2D eigenvalue weighted by Gasteiger charge is -2.36. The highest BCUT2D eigenvalue weighted by Crippen LogP contribution is 2.32. The Kier molecular flexibility index (Phi) is 50.9. The minimum atomic E-state index is -3.34. The molecule has 0 aromatic heterocycles. The number of aliphatic hydroxyl groups is 2. The van der Waals surface area contributed by atoms with Crippen molar-refractivity contribution in [2.75, 3.05) is 78.4 Å². The molecule has 1 rings (SSSR count). The number of carbonyl (C=O) groups is 4. The van der Waals surface area contributed by atoms with E-state index >= 15 is 0 Å². The first-order valence-corrected chi connectivity index (χ1v) is 67.7. The van der Waals surface area contributed by atoms with Crippen molar-refractivity contribution in [1.29, 1.82) is 0 Å². The van der Waals surface area contributed by atoms with E-state index in [-0.39, 0.29) is 37.0 Å². The van der Waals surface area contributed by atoms with Crippen LogP contribution in [0.3, 0.4) is 0 Å². The molecule has 0 bridgehead atoms. The minimum Gasteiger partial charge on any atom is -0.479 e. The fraction of sp³-hybridized carbons (Fsp3) is 0.828. The topological polar surface area (TPSA) is 266 Å². The maximum Gasteiger partial charge on any atom is 0.333 e. The summed E-state index contributed by atoms with van der Waals surface area (Å²) >= 11 is 0. The molecule has 0 aromatic rings. The van der Waals surface area contributed by atoms with E-state index in [0.717, 1.165) is 107 Å². The molecule has 0 aromatic carbocycles.